The first kappa shape index (κ1) is 23.1. The van der Waals surface area contributed by atoms with Crippen molar-refractivity contribution in [1.82, 2.24) is 14.4 Å². The van der Waals surface area contributed by atoms with Gasteiger partial charge < -0.3 is 14.4 Å². The van der Waals surface area contributed by atoms with Crippen LogP contribution in [0.5, 0.6) is 0 Å². The Morgan fingerprint density at radius 3 is 2.22 bits per heavy atom. The van der Waals surface area contributed by atoms with Crippen LogP contribution in [0.25, 0.3) is 0 Å². The van der Waals surface area contributed by atoms with Crippen LogP contribution < -0.4 is 0 Å². The monoisotopic (exact) mass is 429 g/mol. The summed E-state index contributed by atoms with van der Waals surface area (Å²) in [6.45, 7) is 7.11. The molecular weight excluding hydrogens is 398 g/mol. The van der Waals surface area contributed by atoms with E-state index in [0.29, 0.717) is 25.2 Å². The van der Waals surface area contributed by atoms with Gasteiger partial charge in [0.1, 0.15) is 6.54 Å². The predicted octanol–water partition coefficient (Wildman–Crippen LogP) is 4.44. The molecule has 1 aromatic heterocycles. The molecule has 1 heterocycles. The molecule has 2 amide bonds. The summed E-state index contributed by atoms with van der Waals surface area (Å²) in [4.78, 5) is 29.9. The number of hydrogen-bond donors (Lipinski definition) is 0. The molecule has 5 nitrogen and oxygen atoms in total. The first-order valence-corrected chi connectivity index (χ1v) is 10.9. The number of carbonyl (C=O) groups is 2. The van der Waals surface area contributed by atoms with Gasteiger partial charge in [-0.3, -0.25) is 9.59 Å². The number of benzene rings is 2. The molecule has 0 aliphatic heterocycles. The number of rotatable bonds is 10. The summed E-state index contributed by atoms with van der Waals surface area (Å²) >= 11 is 0. The van der Waals surface area contributed by atoms with Crippen molar-refractivity contribution >= 4 is 11.8 Å². The Labute approximate surface area is 190 Å². The Kier molecular flexibility index (Phi) is 8.03. The third-order valence-corrected chi connectivity index (χ3v) is 5.55. The van der Waals surface area contributed by atoms with Gasteiger partial charge >= 0.3 is 0 Å². The van der Waals surface area contributed by atoms with E-state index in [1.807, 2.05) is 84.5 Å². The smallest absolute Gasteiger partial charge is 0.254 e. The summed E-state index contributed by atoms with van der Waals surface area (Å²) < 4.78 is 2.01. The second-order valence-corrected chi connectivity index (χ2v) is 7.87. The maximum Gasteiger partial charge on any atom is 0.254 e. The highest BCUT2D eigenvalue weighted by atomic mass is 16.2. The van der Waals surface area contributed by atoms with Gasteiger partial charge in [0.15, 0.2) is 0 Å². The Morgan fingerprint density at radius 1 is 0.906 bits per heavy atom. The molecular formula is C27H31N3O2. The highest BCUT2D eigenvalue weighted by Gasteiger charge is 2.22. The zero-order valence-electron chi connectivity index (χ0n) is 18.9. The molecule has 2 aromatic carbocycles. The van der Waals surface area contributed by atoms with Gasteiger partial charge in [-0.15, -0.1) is 6.58 Å². The molecule has 0 spiro atoms. The van der Waals surface area contributed by atoms with Crippen LogP contribution in [0.1, 0.15) is 34.1 Å². The average molecular weight is 430 g/mol. The van der Waals surface area contributed by atoms with Crippen LogP contribution in [0.3, 0.4) is 0 Å². The summed E-state index contributed by atoms with van der Waals surface area (Å²) in [5.41, 5.74) is 3.83. The van der Waals surface area contributed by atoms with Crippen molar-refractivity contribution < 1.29 is 9.59 Å². The molecule has 0 fully saturated rings. The molecule has 0 saturated heterocycles. The third-order valence-electron chi connectivity index (χ3n) is 5.55. The Bertz CT molecular complexity index is 1040. The zero-order chi connectivity index (χ0) is 22.9. The van der Waals surface area contributed by atoms with E-state index in [-0.39, 0.29) is 18.4 Å². The molecule has 0 atom stereocenters. The molecule has 0 unspecified atom stereocenters. The van der Waals surface area contributed by atoms with Gasteiger partial charge in [-0.25, -0.2) is 0 Å². The summed E-state index contributed by atoms with van der Waals surface area (Å²) in [6, 6.07) is 21.4. The minimum Gasteiger partial charge on any atom is -0.353 e. The summed E-state index contributed by atoms with van der Waals surface area (Å²) in [6.07, 6.45) is 4.54. The molecule has 0 aliphatic rings. The molecule has 3 rings (SSSR count). The maximum atomic E-state index is 13.4. The summed E-state index contributed by atoms with van der Waals surface area (Å²) in [7, 11) is 1.97. The summed E-state index contributed by atoms with van der Waals surface area (Å²) in [5.74, 6) is -0.269. The fourth-order valence-electron chi connectivity index (χ4n) is 3.60. The fourth-order valence-corrected chi connectivity index (χ4v) is 3.60. The lowest BCUT2D eigenvalue weighted by atomic mass is 10.1. The van der Waals surface area contributed by atoms with Crippen LogP contribution in [0.2, 0.25) is 0 Å². The number of hydrogen-bond acceptors (Lipinski definition) is 2. The highest BCUT2D eigenvalue weighted by molar-refractivity contribution is 5.96. The van der Waals surface area contributed by atoms with E-state index in [9.17, 15) is 9.59 Å². The molecule has 0 N–H and O–H groups in total. The van der Waals surface area contributed by atoms with Crippen molar-refractivity contribution in [3.05, 3.63) is 108 Å². The molecule has 5 heteroatoms. The topological polar surface area (TPSA) is 45.6 Å². The normalized spacial score (nSPS) is 10.6. The first-order chi connectivity index (χ1) is 15.5. The second kappa shape index (κ2) is 11.1. The second-order valence-electron chi connectivity index (χ2n) is 7.87. The quantitative estimate of drug-likeness (QED) is 0.447. The van der Waals surface area contributed by atoms with Gasteiger partial charge in [-0.05, 0) is 41.8 Å². The van der Waals surface area contributed by atoms with Crippen LogP contribution in [0.15, 0.2) is 85.6 Å². The van der Waals surface area contributed by atoms with Crippen LogP contribution >= 0.6 is 0 Å². The highest BCUT2D eigenvalue weighted by Crippen LogP contribution is 2.13. The van der Waals surface area contributed by atoms with Crippen molar-refractivity contribution in [3.8, 4) is 0 Å². The fraction of sp³-hybridized carbons (Fsp3) is 0.259. The van der Waals surface area contributed by atoms with Crippen LogP contribution in [-0.4, -0.2) is 39.3 Å². The third kappa shape index (κ3) is 5.97. The molecule has 3 aromatic rings. The van der Waals surface area contributed by atoms with Crippen LogP contribution in [0, 0.1) is 0 Å². The van der Waals surface area contributed by atoms with E-state index in [0.717, 1.165) is 17.7 Å². The van der Waals surface area contributed by atoms with Gasteiger partial charge in [0.2, 0.25) is 5.91 Å². The van der Waals surface area contributed by atoms with Gasteiger partial charge in [0.25, 0.3) is 5.91 Å². The van der Waals surface area contributed by atoms with Crippen LogP contribution in [-0.2, 0) is 31.4 Å². The van der Waals surface area contributed by atoms with Gasteiger partial charge in [0, 0.05) is 37.6 Å². The van der Waals surface area contributed by atoms with E-state index in [1.54, 1.807) is 15.9 Å². The molecule has 0 bridgehead atoms. The Morgan fingerprint density at radius 2 is 1.62 bits per heavy atom. The van der Waals surface area contributed by atoms with E-state index >= 15 is 0 Å². The lowest BCUT2D eigenvalue weighted by Gasteiger charge is -2.27. The Hall–Kier alpha value is -3.60. The number of nitrogens with zero attached hydrogens (tertiary/aromatic N) is 3. The predicted molar refractivity (Wildman–Crippen MR) is 128 cm³/mol. The average Bonchev–Trinajstić information content (AvgIpc) is 3.22. The Balaban J connectivity index is 1.79. The standard InChI is InChI=1S/C27H31N3O2/c1-4-17-29(27(32)24-15-13-22(5-2)14-16-24)21-26(31)30(19-23-10-7-6-8-11-23)20-25-12-9-18-28(25)3/h4,6-16,18H,1,5,17,19-21H2,2-3H3. The van der Waals surface area contributed by atoms with Gasteiger partial charge in [-0.2, -0.15) is 0 Å². The molecule has 0 aliphatic carbocycles. The summed E-state index contributed by atoms with van der Waals surface area (Å²) in [5, 5.41) is 0. The lowest BCUT2D eigenvalue weighted by Crippen LogP contribution is -2.42. The van der Waals surface area contributed by atoms with Crippen molar-refractivity contribution in [2.75, 3.05) is 13.1 Å². The van der Waals surface area contributed by atoms with Gasteiger partial charge in [-0.1, -0.05) is 55.5 Å². The number of amides is 2. The largest absolute Gasteiger partial charge is 0.353 e. The maximum absolute atomic E-state index is 13.4. The molecule has 0 radical (unpaired) electrons. The van der Waals surface area contributed by atoms with E-state index in [2.05, 4.69) is 13.5 Å². The minimum absolute atomic E-state index is 0.00234. The number of carbonyl (C=O) groups excluding carboxylic acids is 2. The van der Waals surface area contributed by atoms with Crippen molar-refractivity contribution in [3.63, 3.8) is 0 Å². The van der Waals surface area contributed by atoms with E-state index < -0.39 is 0 Å². The number of aryl methyl sites for hydroxylation is 2. The van der Waals surface area contributed by atoms with Crippen molar-refractivity contribution in [1.29, 1.82) is 0 Å². The minimum atomic E-state index is -0.167. The van der Waals surface area contributed by atoms with Gasteiger partial charge in [0.05, 0.1) is 6.54 Å². The molecule has 0 saturated carbocycles. The first-order valence-electron chi connectivity index (χ1n) is 10.9. The number of aromatic nitrogens is 1. The van der Waals surface area contributed by atoms with Crippen molar-refractivity contribution in [2.45, 2.75) is 26.4 Å². The molecule has 32 heavy (non-hydrogen) atoms. The SMILES string of the molecule is C=CCN(CC(=O)N(Cc1ccccc1)Cc1cccn1C)C(=O)c1ccc(CC)cc1. The van der Waals surface area contributed by atoms with Crippen molar-refractivity contribution in [2.24, 2.45) is 7.05 Å². The van der Waals surface area contributed by atoms with Crippen LogP contribution in [0.4, 0.5) is 0 Å². The van der Waals surface area contributed by atoms with E-state index in [4.69, 9.17) is 0 Å². The van der Waals surface area contributed by atoms with E-state index in [1.165, 1.54) is 5.56 Å². The lowest BCUT2D eigenvalue weighted by molar-refractivity contribution is -0.133. The zero-order valence-corrected chi connectivity index (χ0v) is 18.9. The molecule has 166 valence electrons.